The fourth-order valence-electron chi connectivity index (χ4n) is 1.56. The molecule has 0 spiro atoms. The van der Waals surface area contributed by atoms with Crippen LogP contribution in [-0.2, 0) is 9.53 Å². The number of amides is 1. The second-order valence-corrected chi connectivity index (χ2v) is 3.64. The van der Waals surface area contributed by atoms with Gasteiger partial charge in [-0.25, -0.2) is 0 Å². The van der Waals surface area contributed by atoms with E-state index >= 15 is 0 Å². The molecule has 0 aliphatic carbocycles. The van der Waals surface area contributed by atoms with Gasteiger partial charge in [0.2, 0.25) is 5.91 Å². The number of unbranched alkanes of at least 4 members (excludes halogenated alkanes) is 1. The van der Waals surface area contributed by atoms with Gasteiger partial charge in [-0.05, 0) is 12.8 Å². The lowest BCUT2D eigenvalue weighted by Gasteiger charge is -2.32. The van der Waals surface area contributed by atoms with Gasteiger partial charge in [-0.3, -0.25) is 4.79 Å². The molecule has 1 fully saturated rings. The summed E-state index contributed by atoms with van der Waals surface area (Å²) in [6.07, 6.45) is 2.78. The Morgan fingerprint density at radius 2 is 2.43 bits per heavy atom. The number of carbonyl (C=O) groups excluding carboxylic acids is 1. The average Bonchev–Trinajstić information content (AvgIpc) is 2.19. The van der Waals surface area contributed by atoms with Gasteiger partial charge in [0.25, 0.3) is 0 Å². The molecule has 0 saturated carbocycles. The van der Waals surface area contributed by atoms with E-state index in [1.165, 1.54) is 0 Å². The number of nitrogens with zero attached hydrogens (tertiary/aromatic N) is 1. The zero-order chi connectivity index (χ0) is 10.4. The van der Waals surface area contributed by atoms with Crippen molar-refractivity contribution < 1.29 is 14.6 Å². The summed E-state index contributed by atoms with van der Waals surface area (Å²) in [5.41, 5.74) is 0. The molecule has 1 N–H and O–H groups in total. The molecular formula is C10H19NO3. The van der Waals surface area contributed by atoms with Crippen molar-refractivity contribution in [3.05, 3.63) is 0 Å². The summed E-state index contributed by atoms with van der Waals surface area (Å²) >= 11 is 0. The molecule has 1 rings (SSSR count). The van der Waals surface area contributed by atoms with Crippen LogP contribution in [0.15, 0.2) is 0 Å². The molecule has 1 aliphatic rings. The van der Waals surface area contributed by atoms with Crippen LogP contribution in [0.3, 0.4) is 0 Å². The molecular weight excluding hydrogens is 182 g/mol. The van der Waals surface area contributed by atoms with E-state index in [1.807, 2.05) is 4.90 Å². The summed E-state index contributed by atoms with van der Waals surface area (Å²) in [5.74, 6) is 0.0765. The van der Waals surface area contributed by atoms with Gasteiger partial charge in [0.05, 0.1) is 6.10 Å². The molecule has 4 nitrogen and oxygen atoms in total. The summed E-state index contributed by atoms with van der Waals surface area (Å²) in [7, 11) is 0. The normalized spacial score (nSPS) is 22.9. The predicted octanol–water partition coefficient (Wildman–Crippen LogP) is 0.396. The van der Waals surface area contributed by atoms with E-state index in [0.29, 0.717) is 13.0 Å². The van der Waals surface area contributed by atoms with E-state index in [9.17, 15) is 4.79 Å². The molecule has 1 atom stereocenters. The van der Waals surface area contributed by atoms with E-state index in [0.717, 1.165) is 19.4 Å². The first-order chi connectivity index (χ1) is 6.77. The highest BCUT2D eigenvalue weighted by Crippen LogP contribution is 2.10. The Labute approximate surface area is 84.8 Å². The van der Waals surface area contributed by atoms with Gasteiger partial charge < -0.3 is 14.7 Å². The minimum Gasteiger partial charge on any atom is -0.396 e. The minimum absolute atomic E-state index is 0.0227. The topological polar surface area (TPSA) is 49.8 Å². The molecule has 4 heteroatoms. The third-order valence-electron chi connectivity index (χ3n) is 2.45. The monoisotopic (exact) mass is 201 g/mol. The molecule has 0 radical (unpaired) electrons. The van der Waals surface area contributed by atoms with Crippen LogP contribution < -0.4 is 0 Å². The van der Waals surface area contributed by atoms with Crippen molar-refractivity contribution >= 4 is 5.91 Å². The van der Waals surface area contributed by atoms with Gasteiger partial charge in [-0.15, -0.1) is 0 Å². The summed E-state index contributed by atoms with van der Waals surface area (Å²) in [6.45, 7) is 3.87. The number of hydrogen-bond acceptors (Lipinski definition) is 3. The Hall–Kier alpha value is -0.610. The Morgan fingerprint density at radius 3 is 3.07 bits per heavy atom. The van der Waals surface area contributed by atoms with Gasteiger partial charge in [0.15, 0.2) is 0 Å². The van der Waals surface area contributed by atoms with Crippen molar-refractivity contribution in [2.24, 2.45) is 0 Å². The summed E-state index contributed by atoms with van der Waals surface area (Å²) in [5, 5.41) is 8.76. The van der Waals surface area contributed by atoms with Gasteiger partial charge in [-0.1, -0.05) is 13.3 Å². The number of aliphatic hydroxyl groups excluding tert-OH is 1. The van der Waals surface area contributed by atoms with Crippen LogP contribution in [0.2, 0.25) is 0 Å². The van der Waals surface area contributed by atoms with Gasteiger partial charge in [0, 0.05) is 19.7 Å². The lowest BCUT2D eigenvalue weighted by atomic mass is 10.2. The molecule has 0 aromatic rings. The molecule has 82 valence electrons. The Balaban J connectivity index is 2.34. The summed E-state index contributed by atoms with van der Waals surface area (Å²) in [6, 6.07) is 0. The first-order valence-corrected chi connectivity index (χ1v) is 5.28. The van der Waals surface area contributed by atoms with Crippen molar-refractivity contribution in [1.82, 2.24) is 4.90 Å². The summed E-state index contributed by atoms with van der Waals surface area (Å²) < 4.78 is 5.29. The van der Waals surface area contributed by atoms with Crippen molar-refractivity contribution in [3.8, 4) is 0 Å². The fraction of sp³-hybridized carbons (Fsp3) is 0.900. The fourth-order valence-corrected chi connectivity index (χ4v) is 1.56. The first kappa shape index (κ1) is 11.5. The van der Waals surface area contributed by atoms with Crippen LogP contribution in [0, 0.1) is 0 Å². The number of carbonyl (C=O) groups is 1. The zero-order valence-electron chi connectivity index (χ0n) is 8.74. The van der Waals surface area contributed by atoms with Crippen molar-refractivity contribution in [1.29, 1.82) is 0 Å². The quantitative estimate of drug-likeness (QED) is 0.700. The molecule has 1 aliphatic heterocycles. The van der Waals surface area contributed by atoms with E-state index < -0.39 is 0 Å². The number of ether oxygens (including phenoxy) is 1. The number of rotatable bonds is 5. The van der Waals surface area contributed by atoms with E-state index in [1.54, 1.807) is 0 Å². The van der Waals surface area contributed by atoms with E-state index in [-0.39, 0.29) is 25.2 Å². The van der Waals surface area contributed by atoms with Crippen LogP contribution in [0.1, 0.15) is 26.2 Å². The Kier molecular flexibility index (Phi) is 4.90. The van der Waals surface area contributed by atoms with Crippen LogP contribution in [0.4, 0.5) is 0 Å². The zero-order valence-corrected chi connectivity index (χ0v) is 8.74. The second-order valence-electron chi connectivity index (χ2n) is 3.64. The van der Waals surface area contributed by atoms with Crippen LogP contribution in [0.25, 0.3) is 0 Å². The third-order valence-corrected chi connectivity index (χ3v) is 2.45. The maximum Gasteiger partial charge on any atom is 0.248 e. The standard InChI is InChI=1S/C10H19NO3/c1-2-3-5-11-7-9(4-6-12)14-8-10(11)13/h9,12H,2-8H2,1H3. The Bertz CT molecular complexity index is 184. The van der Waals surface area contributed by atoms with Crippen molar-refractivity contribution in [3.63, 3.8) is 0 Å². The smallest absolute Gasteiger partial charge is 0.248 e. The lowest BCUT2D eigenvalue weighted by molar-refractivity contribution is -0.149. The van der Waals surface area contributed by atoms with E-state index in [2.05, 4.69) is 6.92 Å². The third kappa shape index (κ3) is 3.27. The number of hydrogen-bond donors (Lipinski definition) is 1. The number of morpholine rings is 1. The maximum absolute atomic E-state index is 11.4. The highest BCUT2D eigenvalue weighted by Gasteiger charge is 2.24. The van der Waals surface area contributed by atoms with Crippen molar-refractivity contribution in [2.45, 2.75) is 32.3 Å². The molecule has 1 unspecified atom stereocenters. The molecule has 0 aromatic carbocycles. The predicted molar refractivity (Wildman–Crippen MR) is 52.9 cm³/mol. The number of aliphatic hydroxyl groups is 1. The highest BCUT2D eigenvalue weighted by atomic mass is 16.5. The molecule has 0 bridgehead atoms. The van der Waals surface area contributed by atoms with Gasteiger partial charge in [0.1, 0.15) is 6.61 Å². The minimum atomic E-state index is 0.0227. The van der Waals surface area contributed by atoms with Crippen LogP contribution in [-0.4, -0.2) is 48.3 Å². The maximum atomic E-state index is 11.4. The first-order valence-electron chi connectivity index (χ1n) is 5.28. The largest absolute Gasteiger partial charge is 0.396 e. The van der Waals surface area contributed by atoms with E-state index in [4.69, 9.17) is 9.84 Å². The SMILES string of the molecule is CCCCN1CC(CCO)OCC1=O. The second kappa shape index (κ2) is 5.98. The Morgan fingerprint density at radius 1 is 1.64 bits per heavy atom. The molecule has 1 saturated heterocycles. The van der Waals surface area contributed by atoms with Crippen LogP contribution >= 0.6 is 0 Å². The molecule has 1 amide bonds. The van der Waals surface area contributed by atoms with Gasteiger partial charge in [-0.2, -0.15) is 0 Å². The highest BCUT2D eigenvalue weighted by molar-refractivity contribution is 5.78. The molecule has 14 heavy (non-hydrogen) atoms. The lowest BCUT2D eigenvalue weighted by Crippen LogP contribution is -2.47. The molecule has 1 heterocycles. The van der Waals surface area contributed by atoms with Crippen LogP contribution in [0.5, 0.6) is 0 Å². The average molecular weight is 201 g/mol. The van der Waals surface area contributed by atoms with Crippen molar-refractivity contribution in [2.75, 3.05) is 26.3 Å². The van der Waals surface area contributed by atoms with Gasteiger partial charge >= 0.3 is 0 Å². The summed E-state index contributed by atoms with van der Waals surface area (Å²) in [4.78, 5) is 13.2. The molecule has 0 aromatic heterocycles.